The Morgan fingerprint density at radius 1 is 1.25 bits per heavy atom. The summed E-state index contributed by atoms with van der Waals surface area (Å²) in [5.41, 5.74) is 3.16. The number of hydrogen-bond donors (Lipinski definition) is 2. The second-order valence-corrected chi connectivity index (χ2v) is 8.40. The predicted octanol–water partition coefficient (Wildman–Crippen LogP) is 2.65. The Hall–Kier alpha value is -2.58. The number of para-hydroxylation sites is 1. The van der Waals surface area contributed by atoms with E-state index < -0.39 is 0 Å². The van der Waals surface area contributed by atoms with Crippen LogP contribution in [0.5, 0.6) is 0 Å². The zero-order valence-corrected chi connectivity index (χ0v) is 16.5. The quantitative estimate of drug-likeness (QED) is 0.711. The van der Waals surface area contributed by atoms with Gasteiger partial charge in [-0.25, -0.2) is 15.0 Å². The first-order valence-corrected chi connectivity index (χ1v) is 10.5. The maximum atomic E-state index is 12.7. The van der Waals surface area contributed by atoms with E-state index in [9.17, 15) is 4.79 Å². The van der Waals surface area contributed by atoms with Gasteiger partial charge in [-0.3, -0.25) is 4.79 Å². The molecule has 0 aliphatic carbocycles. The van der Waals surface area contributed by atoms with Crippen molar-refractivity contribution in [2.45, 2.75) is 38.3 Å². The number of benzene rings is 1. The standard InChI is InChI=1S/C20H22N6OS/c1-12-10-13-4-2-3-5-15(13)26(12)17-16-19(23-11-22-17)28-20(25-16)18(27)24-14-6-8-21-9-7-14/h2-5,11-12,14,21H,6-10H2,1H3,(H,24,27)/t12-/m0/s1. The number of carbonyl (C=O) groups excluding carboxylic acids is 1. The second-order valence-electron chi connectivity index (χ2n) is 7.42. The first-order valence-electron chi connectivity index (χ1n) is 9.71. The summed E-state index contributed by atoms with van der Waals surface area (Å²) in [6.45, 7) is 4.06. The van der Waals surface area contributed by atoms with E-state index in [2.05, 4.69) is 55.6 Å². The van der Waals surface area contributed by atoms with Crippen molar-refractivity contribution in [1.29, 1.82) is 0 Å². The number of nitrogens with one attached hydrogen (secondary N) is 2. The molecule has 2 N–H and O–H groups in total. The number of fused-ring (bicyclic) bond motifs is 2. The van der Waals surface area contributed by atoms with Gasteiger partial charge >= 0.3 is 0 Å². The van der Waals surface area contributed by atoms with E-state index in [0.717, 1.165) is 48.7 Å². The molecule has 28 heavy (non-hydrogen) atoms. The highest BCUT2D eigenvalue weighted by molar-refractivity contribution is 7.20. The van der Waals surface area contributed by atoms with Crippen molar-refractivity contribution in [3.8, 4) is 0 Å². The van der Waals surface area contributed by atoms with Crippen LogP contribution in [0.25, 0.3) is 10.3 Å². The van der Waals surface area contributed by atoms with Crippen molar-refractivity contribution in [3.05, 3.63) is 41.2 Å². The topological polar surface area (TPSA) is 83.0 Å². The summed E-state index contributed by atoms with van der Waals surface area (Å²) >= 11 is 1.33. The van der Waals surface area contributed by atoms with Gasteiger partial charge in [-0.15, -0.1) is 0 Å². The minimum absolute atomic E-state index is 0.115. The van der Waals surface area contributed by atoms with Crippen LogP contribution >= 0.6 is 11.3 Å². The molecule has 8 heteroatoms. The summed E-state index contributed by atoms with van der Waals surface area (Å²) in [4.78, 5) is 29.3. The first-order chi connectivity index (χ1) is 13.7. The fourth-order valence-corrected chi connectivity index (χ4v) is 4.92. The van der Waals surface area contributed by atoms with Gasteiger partial charge in [-0.1, -0.05) is 29.5 Å². The van der Waals surface area contributed by atoms with Crippen LogP contribution < -0.4 is 15.5 Å². The van der Waals surface area contributed by atoms with Gasteiger partial charge in [0.1, 0.15) is 16.7 Å². The minimum Gasteiger partial charge on any atom is -0.347 e. The fourth-order valence-electron chi connectivity index (χ4n) is 4.12. The number of carbonyl (C=O) groups is 1. The number of hydrogen-bond acceptors (Lipinski definition) is 7. The first kappa shape index (κ1) is 17.5. The molecular formula is C20H22N6OS. The monoisotopic (exact) mass is 394 g/mol. The van der Waals surface area contributed by atoms with E-state index in [-0.39, 0.29) is 18.0 Å². The Balaban J connectivity index is 1.49. The lowest BCUT2D eigenvalue weighted by Gasteiger charge is -2.23. The predicted molar refractivity (Wildman–Crippen MR) is 110 cm³/mol. The Morgan fingerprint density at radius 3 is 2.93 bits per heavy atom. The van der Waals surface area contributed by atoms with Crippen LogP contribution in [-0.4, -0.2) is 46.0 Å². The molecule has 1 saturated heterocycles. The summed E-state index contributed by atoms with van der Waals surface area (Å²) in [6, 6.07) is 8.87. The van der Waals surface area contributed by atoms with Crippen molar-refractivity contribution < 1.29 is 4.79 Å². The molecule has 5 rings (SSSR count). The van der Waals surface area contributed by atoms with Crippen molar-refractivity contribution in [3.63, 3.8) is 0 Å². The van der Waals surface area contributed by atoms with Crippen LogP contribution in [0.2, 0.25) is 0 Å². The Morgan fingerprint density at radius 2 is 2.07 bits per heavy atom. The molecule has 4 heterocycles. The lowest BCUT2D eigenvalue weighted by molar-refractivity contribution is 0.0929. The maximum Gasteiger partial charge on any atom is 0.280 e. The maximum absolute atomic E-state index is 12.7. The Kier molecular flexibility index (Phi) is 4.44. The molecule has 7 nitrogen and oxygen atoms in total. The highest BCUT2D eigenvalue weighted by Crippen LogP contribution is 2.40. The molecule has 3 aromatic rings. The van der Waals surface area contributed by atoms with Gasteiger partial charge in [0, 0.05) is 17.8 Å². The van der Waals surface area contributed by atoms with Gasteiger partial charge in [-0.2, -0.15) is 0 Å². The molecule has 0 spiro atoms. The van der Waals surface area contributed by atoms with E-state index >= 15 is 0 Å². The van der Waals surface area contributed by atoms with Gasteiger partial charge in [0.05, 0.1) is 0 Å². The third-order valence-corrected chi connectivity index (χ3v) is 6.44. The molecule has 1 fully saturated rings. The molecule has 2 aliphatic rings. The van der Waals surface area contributed by atoms with E-state index in [1.165, 1.54) is 16.9 Å². The lowest BCUT2D eigenvalue weighted by atomic mass is 10.1. The number of thiazole rings is 1. The van der Waals surface area contributed by atoms with Crippen LogP contribution in [0.1, 0.15) is 35.1 Å². The van der Waals surface area contributed by atoms with Gasteiger partial charge in [-0.05, 0) is 50.9 Å². The summed E-state index contributed by atoms with van der Waals surface area (Å²) in [5, 5.41) is 6.88. The van der Waals surface area contributed by atoms with Gasteiger partial charge in [0.2, 0.25) is 0 Å². The Bertz CT molecular complexity index is 1030. The summed E-state index contributed by atoms with van der Waals surface area (Å²) in [6.07, 6.45) is 4.43. The van der Waals surface area contributed by atoms with Crippen LogP contribution in [0, 0.1) is 0 Å². The number of piperidine rings is 1. The molecule has 2 aliphatic heterocycles. The average molecular weight is 395 g/mol. The molecule has 1 atom stereocenters. The van der Waals surface area contributed by atoms with E-state index in [1.54, 1.807) is 6.33 Å². The molecule has 0 unspecified atom stereocenters. The second kappa shape index (κ2) is 7.10. The highest BCUT2D eigenvalue weighted by atomic mass is 32.1. The van der Waals surface area contributed by atoms with Crippen LogP contribution in [-0.2, 0) is 6.42 Å². The number of amides is 1. The van der Waals surface area contributed by atoms with E-state index in [4.69, 9.17) is 0 Å². The van der Waals surface area contributed by atoms with Crippen LogP contribution in [0.4, 0.5) is 11.5 Å². The molecule has 0 radical (unpaired) electrons. The average Bonchev–Trinajstić information content (AvgIpc) is 3.29. The van der Waals surface area contributed by atoms with Gasteiger partial charge < -0.3 is 15.5 Å². The molecule has 1 aromatic carbocycles. The van der Waals surface area contributed by atoms with Crippen molar-refractivity contribution in [2.75, 3.05) is 18.0 Å². The minimum atomic E-state index is -0.115. The zero-order chi connectivity index (χ0) is 19.1. The molecular weight excluding hydrogens is 372 g/mol. The number of rotatable bonds is 3. The van der Waals surface area contributed by atoms with E-state index in [0.29, 0.717) is 10.5 Å². The largest absolute Gasteiger partial charge is 0.347 e. The van der Waals surface area contributed by atoms with Gasteiger partial charge in [0.25, 0.3) is 5.91 Å². The molecule has 0 saturated carbocycles. The van der Waals surface area contributed by atoms with E-state index in [1.807, 2.05) is 6.07 Å². The van der Waals surface area contributed by atoms with Gasteiger partial charge in [0.15, 0.2) is 10.8 Å². The molecule has 0 bridgehead atoms. The van der Waals surface area contributed by atoms with Crippen LogP contribution in [0.15, 0.2) is 30.6 Å². The smallest absolute Gasteiger partial charge is 0.280 e. The zero-order valence-electron chi connectivity index (χ0n) is 15.7. The third-order valence-electron chi connectivity index (χ3n) is 5.48. The summed E-state index contributed by atoms with van der Waals surface area (Å²) < 4.78 is 0. The third kappa shape index (κ3) is 3.02. The molecule has 144 valence electrons. The Labute approximate surface area is 167 Å². The van der Waals surface area contributed by atoms with Crippen LogP contribution in [0.3, 0.4) is 0 Å². The molecule has 2 aromatic heterocycles. The SMILES string of the molecule is C[C@H]1Cc2ccccc2N1c1ncnc2sc(C(=O)NC3CCNCC3)nc12. The van der Waals surface area contributed by atoms with Crippen molar-refractivity contribution in [2.24, 2.45) is 0 Å². The number of aromatic nitrogens is 3. The lowest BCUT2D eigenvalue weighted by Crippen LogP contribution is -2.42. The highest BCUT2D eigenvalue weighted by Gasteiger charge is 2.30. The van der Waals surface area contributed by atoms with Crippen molar-refractivity contribution in [1.82, 2.24) is 25.6 Å². The molecule has 1 amide bonds. The fraction of sp³-hybridized carbons (Fsp3) is 0.400. The van der Waals surface area contributed by atoms with Crippen molar-refractivity contribution >= 4 is 39.1 Å². The summed E-state index contributed by atoms with van der Waals surface area (Å²) in [7, 11) is 0. The number of nitrogens with zero attached hydrogens (tertiary/aromatic N) is 4. The normalized spacial score (nSPS) is 19.8. The number of anilines is 2. The summed E-state index contributed by atoms with van der Waals surface area (Å²) in [5.74, 6) is 0.662.